The van der Waals surface area contributed by atoms with E-state index in [1.807, 2.05) is 0 Å². The molecule has 4 nitrogen and oxygen atoms in total. The monoisotopic (exact) mass is 306 g/mol. The number of rotatable bonds is 5. The molecule has 1 aliphatic rings. The van der Waals surface area contributed by atoms with E-state index in [9.17, 15) is 0 Å². The Morgan fingerprint density at radius 3 is 2.81 bits per heavy atom. The molecule has 0 spiro atoms. The summed E-state index contributed by atoms with van der Waals surface area (Å²) >= 11 is 1.72. The molecule has 2 aromatic rings. The highest BCUT2D eigenvalue weighted by Gasteiger charge is 2.26. The van der Waals surface area contributed by atoms with Crippen LogP contribution in [-0.4, -0.2) is 29.0 Å². The van der Waals surface area contributed by atoms with Gasteiger partial charge in [0.05, 0.1) is 5.69 Å². The molecule has 3 heterocycles. The molecule has 1 saturated heterocycles. The Hall–Kier alpha value is -1.07. The minimum absolute atomic E-state index is 0.755. The zero-order valence-electron chi connectivity index (χ0n) is 13.3. The highest BCUT2D eigenvalue weighted by Crippen LogP contribution is 2.30. The van der Waals surface area contributed by atoms with Crippen LogP contribution in [0.25, 0.3) is 4.96 Å². The predicted molar refractivity (Wildman–Crippen MR) is 90.2 cm³/mol. The molecular weight excluding hydrogens is 280 g/mol. The summed E-state index contributed by atoms with van der Waals surface area (Å²) in [6, 6.07) is 0. The number of hydrogen-bond acceptors (Lipinski definition) is 4. The number of fused-ring (bicyclic) bond motifs is 1. The molecule has 0 bridgehead atoms. The number of hydrogen-bond donors (Lipinski definition) is 1. The molecule has 2 atom stereocenters. The fourth-order valence-corrected chi connectivity index (χ4v) is 4.19. The second-order valence-corrected chi connectivity index (χ2v) is 7.34. The van der Waals surface area contributed by atoms with E-state index in [1.165, 1.54) is 24.4 Å². The van der Waals surface area contributed by atoms with Gasteiger partial charge in [0.25, 0.3) is 0 Å². The Morgan fingerprint density at radius 1 is 1.33 bits per heavy atom. The van der Waals surface area contributed by atoms with E-state index >= 15 is 0 Å². The number of nitrogens with one attached hydrogen (secondary N) is 1. The smallest absolute Gasteiger partial charge is 0.195 e. The van der Waals surface area contributed by atoms with Gasteiger partial charge in [-0.2, -0.15) is 0 Å². The Kier molecular flexibility index (Phi) is 4.50. The molecule has 116 valence electrons. The van der Waals surface area contributed by atoms with Gasteiger partial charge in [-0.25, -0.2) is 4.98 Å². The maximum atomic E-state index is 4.91. The predicted octanol–water partition coefficient (Wildman–Crippen LogP) is 3.38. The van der Waals surface area contributed by atoms with Crippen molar-refractivity contribution in [3.8, 4) is 0 Å². The van der Waals surface area contributed by atoms with Gasteiger partial charge in [0, 0.05) is 31.2 Å². The van der Waals surface area contributed by atoms with E-state index in [-0.39, 0.29) is 0 Å². The molecule has 1 aliphatic heterocycles. The van der Waals surface area contributed by atoms with Crippen molar-refractivity contribution in [3.63, 3.8) is 0 Å². The minimum atomic E-state index is 0.755. The third kappa shape index (κ3) is 3.09. The molecule has 0 amide bonds. The van der Waals surface area contributed by atoms with Crippen LogP contribution in [0, 0.1) is 11.8 Å². The van der Waals surface area contributed by atoms with Gasteiger partial charge in [-0.05, 0) is 31.2 Å². The summed E-state index contributed by atoms with van der Waals surface area (Å²) in [6.45, 7) is 11.2. The molecule has 1 N–H and O–H groups in total. The number of anilines is 1. The lowest BCUT2D eigenvalue weighted by Gasteiger charge is -2.35. The fourth-order valence-electron chi connectivity index (χ4n) is 3.46. The van der Waals surface area contributed by atoms with Gasteiger partial charge >= 0.3 is 0 Å². The topological polar surface area (TPSA) is 32.6 Å². The van der Waals surface area contributed by atoms with Crippen molar-refractivity contribution in [2.75, 3.05) is 24.5 Å². The zero-order valence-corrected chi connectivity index (χ0v) is 14.1. The van der Waals surface area contributed by atoms with Crippen LogP contribution in [0.1, 0.15) is 39.3 Å². The van der Waals surface area contributed by atoms with Crippen LogP contribution in [0.2, 0.25) is 0 Å². The van der Waals surface area contributed by atoms with Crippen LogP contribution in [0.15, 0.2) is 11.6 Å². The fraction of sp³-hybridized carbons (Fsp3) is 0.688. The first kappa shape index (κ1) is 14.9. The lowest BCUT2D eigenvalue weighted by Crippen LogP contribution is -2.39. The van der Waals surface area contributed by atoms with E-state index in [2.05, 4.69) is 47.0 Å². The van der Waals surface area contributed by atoms with Crippen molar-refractivity contribution in [1.29, 1.82) is 0 Å². The summed E-state index contributed by atoms with van der Waals surface area (Å²) in [5.41, 5.74) is 1.32. The van der Waals surface area contributed by atoms with Gasteiger partial charge in [0.2, 0.25) is 0 Å². The van der Waals surface area contributed by atoms with E-state index in [4.69, 9.17) is 4.98 Å². The number of nitrogens with zero attached hydrogens (tertiary/aromatic N) is 3. The normalized spacial score (nSPS) is 23.1. The van der Waals surface area contributed by atoms with Crippen LogP contribution in [0.4, 0.5) is 5.82 Å². The van der Waals surface area contributed by atoms with E-state index in [0.29, 0.717) is 0 Å². The molecule has 1 fully saturated rings. The quantitative estimate of drug-likeness (QED) is 0.860. The molecule has 2 unspecified atom stereocenters. The second-order valence-electron chi connectivity index (χ2n) is 6.47. The summed E-state index contributed by atoms with van der Waals surface area (Å²) in [5.74, 6) is 2.71. The Balaban J connectivity index is 1.89. The van der Waals surface area contributed by atoms with Gasteiger partial charge in [-0.3, -0.25) is 4.40 Å². The first-order valence-corrected chi connectivity index (χ1v) is 8.97. The van der Waals surface area contributed by atoms with E-state index in [1.54, 1.807) is 11.3 Å². The molecule has 0 aromatic carbocycles. The van der Waals surface area contributed by atoms with Crippen molar-refractivity contribution in [2.45, 2.75) is 40.2 Å². The van der Waals surface area contributed by atoms with Gasteiger partial charge in [0.15, 0.2) is 10.8 Å². The highest BCUT2D eigenvalue weighted by atomic mass is 32.1. The Morgan fingerprint density at radius 2 is 2.10 bits per heavy atom. The SMILES string of the molecule is CCCNCc1c(N2CC(C)CC(C)C2)nc2sccn12. The molecule has 0 aliphatic carbocycles. The largest absolute Gasteiger partial charge is 0.354 e. The highest BCUT2D eigenvalue weighted by molar-refractivity contribution is 7.15. The summed E-state index contributed by atoms with van der Waals surface area (Å²) in [7, 11) is 0. The van der Waals surface area contributed by atoms with Crippen molar-refractivity contribution in [2.24, 2.45) is 11.8 Å². The average molecular weight is 306 g/mol. The van der Waals surface area contributed by atoms with E-state index in [0.717, 1.165) is 43.0 Å². The van der Waals surface area contributed by atoms with Gasteiger partial charge in [-0.15, -0.1) is 11.3 Å². The molecule has 2 aromatic heterocycles. The van der Waals surface area contributed by atoms with E-state index < -0.39 is 0 Å². The number of piperidine rings is 1. The minimum Gasteiger partial charge on any atom is -0.354 e. The van der Waals surface area contributed by atoms with Crippen molar-refractivity contribution < 1.29 is 0 Å². The molecular formula is C16H26N4S. The average Bonchev–Trinajstić information content (AvgIpc) is 3.00. The number of thiazole rings is 1. The van der Waals surface area contributed by atoms with Crippen LogP contribution in [0.5, 0.6) is 0 Å². The summed E-state index contributed by atoms with van der Waals surface area (Å²) in [4.78, 5) is 8.53. The maximum Gasteiger partial charge on any atom is 0.195 e. The third-order valence-electron chi connectivity index (χ3n) is 4.23. The third-order valence-corrected chi connectivity index (χ3v) is 4.98. The van der Waals surface area contributed by atoms with Crippen LogP contribution >= 0.6 is 11.3 Å². The molecule has 0 radical (unpaired) electrons. The lowest BCUT2D eigenvalue weighted by atomic mass is 9.92. The maximum absolute atomic E-state index is 4.91. The van der Waals surface area contributed by atoms with Crippen molar-refractivity contribution in [1.82, 2.24) is 14.7 Å². The molecule has 3 rings (SSSR count). The van der Waals surface area contributed by atoms with Crippen LogP contribution < -0.4 is 10.2 Å². The van der Waals surface area contributed by atoms with Crippen LogP contribution in [-0.2, 0) is 6.54 Å². The lowest BCUT2D eigenvalue weighted by molar-refractivity contribution is 0.355. The zero-order chi connectivity index (χ0) is 14.8. The Bertz CT molecular complexity index is 578. The molecule has 0 saturated carbocycles. The van der Waals surface area contributed by atoms with Crippen molar-refractivity contribution >= 4 is 22.1 Å². The second kappa shape index (κ2) is 6.36. The Labute approximate surface area is 131 Å². The summed E-state index contributed by atoms with van der Waals surface area (Å²) < 4.78 is 2.26. The summed E-state index contributed by atoms with van der Waals surface area (Å²) in [5, 5.41) is 5.66. The number of aromatic nitrogens is 2. The first-order valence-electron chi connectivity index (χ1n) is 8.09. The van der Waals surface area contributed by atoms with Crippen LogP contribution in [0.3, 0.4) is 0 Å². The standard InChI is InChI=1S/C16H26N4S/c1-4-5-17-9-14-15(18-16-20(14)6-7-21-16)19-10-12(2)8-13(3)11-19/h6-7,12-13,17H,4-5,8-11H2,1-3H3. The molecule has 5 heteroatoms. The first-order chi connectivity index (χ1) is 10.2. The van der Waals surface area contributed by atoms with Gasteiger partial charge in [0.1, 0.15) is 0 Å². The van der Waals surface area contributed by atoms with Crippen molar-refractivity contribution in [3.05, 3.63) is 17.3 Å². The van der Waals surface area contributed by atoms with Gasteiger partial charge in [-0.1, -0.05) is 20.8 Å². The molecule has 21 heavy (non-hydrogen) atoms. The summed E-state index contributed by atoms with van der Waals surface area (Å²) in [6.07, 6.45) is 4.65. The number of imidazole rings is 1. The van der Waals surface area contributed by atoms with Gasteiger partial charge < -0.3 is 10.2 Å².